The molecule has 1 atom stereocenters. The molecule has 0 radical (unpaired) electrons. The van der Waals surface area contributed by atoms with Crippen LogP contribution in [0.25, 0.3) is 0 Å². The topological polar surface area (TPSA) is 24.9 Å². The number of nitrogens with zero attached hydrogens (tertiary/aromatic N) is 2. The van der Waals surface area contributed by atoms with Crippen molar-refractivity contribution in [2.24, 2.45) is 0 Å². The van der Waals surface area contributed by atoms with Crippen molar-refractivity contribution in [2.75, 3.05) is 19.8 Å². The van der Waals surface area contributed by atoms with Gasteiger partial charge in [-0.15, -0.1) is 0 Å². The minimum absolute atomic E-state index is 0.128. The molecule has 0 amide bonds. The van der Waals surface area contributed by atoms with Crippen LogP contribution in [0.15, 0.2) is 65.3 Å². The van der Waals surface area contributed by atoms with Gasteiger partial charge in [-0.1, -0.05) is 65.3 Å². The third-order valence-corrected chi connectivity index (χ3v) is 10.8. The van der Waals surface area contributed by atoms with E-state index in [2.05, 4.69) is 107 Å². The lowest BCUT2D eigenvalue weighted by Gasteiger charge is -2.43. The van der Waals surface area contributed by atoms with Crippen LogP contribution in [-0.4, -0.2) is 41.3 Å². The Morgan fingerprint density at radius 2 is 1.50 bits per heavy atom. The van der Waals surface area contributed by atoms with E-state index in [0.717, 1.165) is 82.6 Å². The molecule has 2 aromatic carbocycles. The number of allylic oxidation sites excluding steroid dienone is 6. The second kappa shape index (κ2) is 15.8. The molecule has 0 spiro atoms. The van der Waals surface area contributed by atoms with Gasteiger partial charge in [0.2, 0.25) is 0 Å². The van der Waals surface area contributed by atoms with Crippen molar-refractivity contribution in [3.63, 3.8) is 0 Å². The van der Waals surface area contributed by atoms with Crippen LogP contribution in [0.3, 0.4) is 0 Å². The Hall–Kier alpha value is -2.82. The number of hydrogen-bond donors (Lipinski definition) is 0. The van der Waals surface area contributed by atoms with E-state index in [4.69, 9.17) is 9.47 Å². The Morgan fingerprint density at radius 1 is 0.848 bits per heavy atom. The van der Waals surface area contributed by atoms with Gasteiger partial charge in [-0.25, -0.2) is 0 Å². The van der Waals surface area contributed by atoms with Crippen molar-refractivity contribution in [3.05, 3.63) is 93.1 Å². The summed E-state index contributed by atoms with van der Waals surface area (Å²) >= 11 is 0. The Labute approximate surface area is 280 Å². The SMILES string of the molecule is CC(C)=CCC/C(C)=C/CC/C(C)=C/CC[C@]1(C)CCc2c3c(c(C)c(C)c2O1)OCN(C1CCN(Cc2ccccc2)CC1)C3. The molecular weight excluding hydrogens is 564 g/mol. The molecule has 0 aliphatic carbocycles. The van der Waals surface area contributed by atoms with E-state index < -0.39 is 0 Å². The highest BCUT2D eigenvalue weighted by Gasteiger charge is 2.37. The summed E-state index contributed by atoms with van der Waals surface area (Å²) in [6, 6.07) is 11.5. The minimum Gasteiger partial charge on any atom is -0.487 e. The summed E-state index contributed by atoms with van der Waals surface area (Å²) in [7, 11) is 0. The number of piperidine rings is 1. The van der Waals surface area contributed by atoms with E-state index in [0.29, 0.717) is 12.8 Å². The second-order valence-corrected chi connectivity index (χ2v) is 14.9. The highest BCUT2D eigenvalue weighted by atomic mass is 16.5. The molecule has 0 unspecified atom stereocenters. The van der Waals surface area contributed by atoms with Crippen LogP contribution in [0, 0.1) is 13.8 Å². The Kier molecular flexibility index (Phi) is 11.9. The predicted molar refractivity (Wildman–Crippen MR) is 194 cm³/mol. The van der Waals surface area contributed by atoms with Gasteiger partial charge in [-0.05, 0) is 142 Å². The predicted octanol–water partition coefficient (Wildman–Crippen LogP) is 10.4. The average Bonchev–Trinajstić information content (AvgIpc) is 3.04. The molecule has 4 nitrogen and oxygen atoms in total. The fourth-order valence-electron chi connectivity index (χ4n) is 7.57. The first-order chi connectivity index (χ1) is 22.1. The van der Waals surface area contributed by atoms with Crippen molar-refractivity contribution < 1.29 is 9.47 Å². The monoisotopic (exact) mass is 624 g/mol. The fourth-order valence-corrected chi connectivity index (χ4v) is 7.57. The van der Waals surface area contributed by atoms with E-state index in [1.807, 2.05) is 0 Å². The van der Waals surface area contributed by atoms with Crippen molar-refractivity contribution in [1.29, 1.82) is 0 Å². The number of hydrogen-bond acceptors (Lipinski definition) is 4. The Balaban J connectivity index is 1.15. The van der Waals surface area contributed by atoms with Gasteiger partial charge in [0.05, 0.1) is 0 Å². The molecular formula is C42H60N2O2. The first-order valence-corrected chi connectivity index (χ1v) is 18.0. The standard InChI is InChI=1S/C42H60N2O2/c1-31(2)14-11-15-32(3)16-12-17-33(4)18-13-24-42(7)25-21-38-39-29-44(30-45-40(39)34(5)35(6)41(38)46-42)37-22-26-43(27-23-37)28-36-19-9-8-10-20-36/h8-10,14,16,18-20,37H,11-13,15,17,21-30H2,1-7H3/b32-16+,33-18+/t42-/m1/s1. The molecule has 46 heavy (non-hydrogen) atoms. The van der Waals surface area contributed by atoms with Gasteiger partial charge in [0.25, 0.3) is 0 Å². The summed E-state index contributed by atoms with van der Waals surface area (Å²) in [5.41, 5.74) is 11.0. The summed E-state index contributed by atoms with van der Waals surface area (Å²) in [6.45, 7) is 20.8. The summed E-state index contributed by atoms with van der Waals surface area (Å²) < 4.78 is 13.5. The maximum atomic E-state index is 6.97. The second-order valence-electron chi connectivity index (χ2n) is 14.9. The normalized spacial score (nSPS) is 21.3. The molecule has 2 aromatic rings. The van der Waals surface area contributed by atoms with E-state index in [-0.39, 0.29) is 5.60 Å². The third-order valence-electron chi connectivity index (χ3n) is 10.8. The summed E-state index contributed by atoms with van der Waals surface area (Å²) in [6.07, 6.45) is 18.5. The molecule has 3 aliphatic rings. The molecule has 5 rings (SSSR count). The Bertz CT molecular complexity index is 1410. The summed E-state index contributed by atoms with van der Waals surface area (Å²) in [4.78, 5) is 5.20. The molecule has 0 bridgehead atoms. The van der Waals surface area contributed by atoms with Crippen LogP contribution in [0.5, 0.6) is 11.5 Å². The number of ether oxygens (including phenoxy) is 2. The van der Waals surface area contributed by atoms with Gasteiger partial charge in [0.1, 0.15) is 23.8 Å². The van der Waals surface area contributed by atoms with E-state index in [1.54, 1.807) is 0 Å². The number of rotatable bonds is 12. The van der Waals surface area contributed by atoms with Gasteiger partial charge in [-0.3, -0.25) is 9.80 Å². The van der Waals surface area contributed by atoms with Crippen LogP contribution >= 0.6 is 0 Å². The zero-order valence-electron chi connectivity index (χ0n) is 30.0. The molecule has 0 aromatic heterocycles. The van der Waals surface area contributed by atoms with Crippen molar-refractivity contribution in [2.45, 2.75) is 137 Å². The number of likely N-dealkylation sites (tertiary alicyclic amines) is 1. The first kappa shape index (κ1) is 34.5. The third kappa shape index (κ3) is 8.95. The van der Waals surface area contributed by atoms with Gasteiger partial charge < -0.3 is 9.47 Å². The van der Waals surface area contributed by atoms with E-state index in [1.165, 1.54) is 63.8 Å². The summed E-state index contributed by atoms with van der Waals surface area (Å²) in [5, 5.41) is 0. The number of fused-ring (bicyclic) bond motifs is 3. The maximum absolute atomic E-state index is 6.97. The smallest absolute Gasteiger partial charge is 0.142 e. The van der Waals surface area contributed by atoms with Gasteiger partial charge in [0, 0.05) is 30.3 Å². The highest BCUT2D eigenvalue weighted by molar-refractivity contribution is 5.60. The highest BCUT2D eigenvalue weighted by Crippen LogP contribution is 2.47. The summed E-state index contributed by atoms with van der Waals surface area (Å²) in [5.74, 6) is 2.27. The van der Waals surface area contributed by atoms with Gasteiger partial charge in [0.15, 0.2) is 0 Å². The maximum Gasteiger partial charge on any atom is 0.142 e. The molecule has 3 heterocycles. The van der Waals surface area contributed by atoms with Crippen LogP contribution in [-0.2, 0) is 19.5 Å². The molecule has 0 saturated carbocycles. The van der Waals surface area contributed by atoms with Gasteiger partial charge in [-0.2, -0.15) is 0 Å². The molecule has 4 heteroatoms. The van der Waals surface area contributed by atoms with Crippen LogP contribution in [0.2, 0.25) is 0 Å². The van der Waals surface area contributed by atoms with Crippen LogP contribution in [0.1, 0.15) is 120 Å². The molecule has 250 valence electrons. The lowest BCUT2D eigenvalue weighted by atomic mass is 9.84. The molecule has 1 saturated heterocycles. The zero-order valence-corrected chi connectivity index (χ0v) is 30.0. The minimum atomic E-state index is -0.128. The van der Waals surface area contributed by atoms with Crippen molar-refractivity contribution >= 4 is 0 Å². The number of benzene rings is 2. The van der Waals surface area contributed by atoms with Crippen molar-refractivity contribution in [3.8, 4) is 11.5 Å². The molecule has 0 N–H and O–H groups in total. The lowest BCUT2D eigenvalue weighted by molar-refractivity contribution is 0.0205. The average molecular weight is 625 g/mol. The van der Waals surface area contributed by atoms with E-state index >= 15 is 0 Å². The lowest BCUT2D eigenvalue weighted by Crippen LogP contribution is -2.47. The largest absolute Gasteiger partial charge is 0.487 e. The molecule has 3 aliphatic heterocycles. The quantitative estimate of drug-likeness (QED) is 0.219. The first-order valence-electron chi connectivity index (χ1n) is 18.0. The molecule has 1 fully saturated rings. The zero-order chi connectivity index (χ0) is 32.7. The Morgan fingerprint density at radius 3 is 2.20 bits per heavy atom. The van der Waals surface area contributed by atoms with Crippen LogP contribution in [0.4, 0.5) is 0 Å². The van der Waals surface area contributed by atoms with E-state index in [9.17, 15) is 0 Å². The van der Waals surface area contributed by atoms with Crippen LogP contribution < -0.4 is 9.47 Å². The van der Waals surface area contributed by atoms with Gasteiger partial charge >= 0.3 is 0 Å². The fraction of sp³-hybridized carbons (Fsp3) is 0.571. The van der Waals surface area contributed by atoms with Crippen molar-refractivity contribution in [1.82, 2.24) is 9.80 Å².